The molecule has 2 N–H and O–H groups in total. The zero-order chi connectivity index (χ0) is 13.4. The van der Waals surface area contributed by atoms with Gasteiger partial charge in [0.1, 0.15) is 11.9 Å². The predicted molar refractivity (Wildman–Crippen MR) is 74.9 cm³/mol. The molecule has 0 saturated carbocycles. The van der Waals surface area contributed by atoms with Crippen LogP contribution in [0, 0.1) is 12.3 Å². The Morgan fingerprint density at radius 3 is 2.67 bits per heavy atom. The van der Waals surface area contributed by atoms with Gasteiger partial charge in [-0.1, -0.05) is 28.1 Å². The molecule has 4 nitrogen and oxygen atoms in total. The SMILES string of the molecule is Cc1ccc(C2C(=N)NC(=O)N2C(C)C)c(Br)c1. The largest absolute Gasteiger partial charge is 0.323 e. The first kappa shape index (κ1) is 13.1. The highest BCUT2D eigenvalue weighted by Crippen LogP contribution is 2.33. The van der Waals surface area contributed by atoms with Gasteiger partial charge in [-0.3, -0.25) is 10.7 Å². The zero-order valence-corrected chi connectivity index (χ0v) is 12.2. The van der Waals surface area contributed by atoms with E-state index in [9.17, 15) is 4.79 Å². The molecule has 0 bridgehead atoms. The summed E-state index contributed by atoms with van der Waals surface area (Å²) in [5, 5.41) is 10.5. The third kappa shape index (κ3) is 2.14. The molecule has 0 aromatic heterocycles. The van der Waals surface area contributed by atoms with Crippen molar-refractivity contribution < 1.29 is 4.79 Å². The van der Waals surface area contributed by atoms with Crippen molar-refractivity contribution in [2.75, 3.05) is 0 Å². The topological polar surface area (TPSA) is 56.2 Å². The van der Waals surface area contributed by atoms with E-state index in [1.807, 2.05) is 39.0 Å². The summed E-state index contributed by atoms with van der Waals surface area (Å²) in [5.41, 5.74) is 2.09. The summed E-state index contributed by atoms with van der Waals surface area (Å²) in [5.74, 6) is 0.234. The van der Waals surface area contributed by atoms with Crippen LogP contribution < -0.4 is 5.32 Å². The second-order valence-electron chi connectivity index (χ2n) is 4.77. The minimum Gasteiger partial charge on any atom is -0.308 e. The van der Waals surface area contributed by atoms with Crippen LogP contribution in [0.25, 0.3) is 0 Å². The van der Waals surface area contributed by atoms with E-state index in [0.717, 1.165) is 15.6 Å². The van der Waals surface area contributed by atoms with E-state index in [0.29, 0.717) is 0 Å². The highest BCUT2D eigenvalue weighted by atomic mass is 79.9. The molecule has 1 aromatic rings. The summed E-state index contributed by atoms with van der Waals surface area (Å²) in [6.07, 6.45) is 0. The Hall–Kier alpha value is -1.36. The molecule has 1 aliphatic heterocycles. The van der Waals surface area contributed by atoms with E-state index in [1.165, 1.54) is 0 Å². The number of nitrogens with one attached hydrogen (secondary N) is 2. The quantitative estimate of drug-likeness (QED) is 0.866. The van der Waals surface area contributed by atoms with Crippen molar-refractivity contribution >= 4 is 27.8 Å². The van der Waals surface area contributed by atoms with Crippen molar-refractivity contribution in [3.05, 3.63) is 33.8 Å². The number of amides is 2. The van der Waals surface area contributed by atoms with E-state index in [2.05, 4.69) is 21.2 Å². The van der Waals surface area contributed by atoms with Gasteiger partial charge >= 0.3 is 6.03 Å². The summed E-state index contributed by atoms with van der Waals surface area (Å²) in [7, 11) is 0. The number of hydrogen-bond donors (Lipinski definition) is 2. The molecule has 2 amide bonds. The van der Waals surface area contributed by atoms with E-state index in [-0.39, 0.29) is 24.0 Å². The van der Waals surface area contributed by atoms with Crippen LogP contribution in [0.2, 0.25) is 0 Å². The molecule has 1 saturated heterocycles. The molecule has 0 spiro atoms. The third-order valence-electron chi connectivity index (χ3n) is 3.03. The fraction of sp³-hybridized carbons (Fsp3) is 0.385. The molecule has 0 aliphatic carbocycles. The van der Waals surface area contributed by atoms with Gasteiger partial charge in [0.05, 0.1) is 0 Å². The van der Waals surface area contributed by atoms with Gasteiger partial charge in [-0.2, -0.15) is 0 Å². The lowest BCUT2D eigenvalue weighted by Crippen LogP contribution is -2.35. The number of hydrogen-bond acceptors (Lipinski definition) is 2. The van der Waals surface area contributed by atoms with Crippen LogP contribution in [-0.4, -0.2) is 22.8 Å². The lowest BCUT2D eigenvalue weighted by molar-refractivity contribution is 0.190. The minimum absolute atomic E-state index is 0.0473. The molecule has 1 aromatic carbocycles. The monoisotopic (exact) mass is 309 g/mol. The molecule has 1 aliphatic rings. The number of carbonyl (C=O) groups is 1. The Kier molecular flexibility index (Phi) is 3.43. The molecular formula is C13H16BrN3O. The maximum Gasteiger partial charge on any atom is 0.323 e. The zero-order valence-electron chi connectivity index (χ0n) is 10.6. The Morgan fingerprint density at radius 2 is 2.11 bits per heavy atom. The van der Waals surface area contributed by atoms with Crippen LogP contribution >= 0.6 is 15.9 Å². The van der Waals surface area contributed by atoms with Crippen LogP contribution in [0.3, 0.4) is 0 Å². The highest BCUT2D eigenvalue weighted by molar-refractivity contribution is 9.10. The maximum absolute atomic E-state index is 11.8. The van der Waals surface area contributed by atoms with Crippen LogP contribution in [-0.2, 0) is 0 Å². The average molecular weight is 310 g/mol. The summed E-state index contributed by atoms with van der Waals surface area (Å²) in [6, 6.07) is 5.48. The summed E-state index contributed by atoms with van der Waals surface area (Å²) in [6.45, 7) is 5.92. The standard InChI is InChI=1S/C13H16BrN3O/c1-7(2)17-11(12(15)16-13(17)18)9-5-4-8(3)6-10(9)14/h4-7,11H,1-3H3,(H2,15,16,18). The fourth-order valence-electron chi connectivity index (χ4n) is 2.20. The van der Waals surface area contributed by atoms with Crippen LogP contribution in [0.4, 0.5) is 4.79 Å². The van der Waals surface area contributed by atoms with Gasteiger partial charge in [-0.15, -0.1) is 0 Å². The van der Waals surface area contributed by atoms with Gasteiger partial charge in [-0.05, 0) is 38.0 Å². The first-order valence-electron chi connectivity index (χ1n) is 5.85. The highest BCUT2D eigenvalue weighted by Gasteiger charge is 2.39. The predicted octanol–water partition coefficient (Wildman–Crippen LogP) is 3.21. The summed E-state index contributed by atoms with van der Waals surface area (Å²) in [4.78, 5) is 13.5. The Bertz CT molecular complexity index is 513. The van der Waals surface area contributed by atoms with Crippen molar-refractivity contribution in [3.8, 4) is 0 Å². The number of aryl methyl sites for hydroxylation is 1. The van der Waals surface area contributed by atoms with Gasteiger partial charge < -0.3 is 4.90 Å². The van der Waals surface area contributed by atoms with Crippen LogP contribution in [0.15, 0.2) is 22.7 Å². The van der Waals surface area contributed by atoms with Gasteiger partial charge in [0.2, 0.25) is 0 Å². The van der Waals surface area contributed by atoms with Crippen molar-refractivity contribution in [1.82, 2.24) is 10.2 Å². The lowest BCUT2D eigenvalue weighted by atomic mass is 10.0. The number of amidine groups is 1. The van der Waals surface area contributed by atoms with E-state index in [4.69, 9.17) is 5.41 Å². The van der Waals surface area contributed by atoms with Gasteiger partial charge in [0.25, 0.3) is 0 Å². The van der Waals surface area contributed by atoms with Gasteiger partial charge in [0, 0.05) is 10.5 Å². The molecule has 1 fully saturated rings. The van der Waals surface area contributed by atoms with Crippen molar-refractivity contribution in [2.45, 2.75) is 32.9 Å². The maximum atomic E-state index is 11.8. The molecule has 96 valence electrons. The van der Waals surface area contributed by atoms with Gasteiger partial charge in [0.15, 0.2) is 0 Å². The van der Waals surface area contributed by atoms with Crippen molar-refractivity contribution in [2.24, 2.45) is 0 Å². The third-order valence-corrected chi connectivity index (χ3v) is 3.72. The number of carbonyl (C=O) groups excluding carboxylic acids is 1. The van der Waals surface area contributed by atoms with Gasteiger partial charge in [-0.25, -0.2) is 4.79 Å². The van der Waals surface area contributed by atoms with E-state index in [1.54, 1.807) is 4.90 Å². The smallest absolute Gasteiger partial charge is 0.308 e. The average Bonchev–Trinajstić information content (AvgIpc) is 2.53. The second-order valence-corrected chi connectivity index (χ2v) is 5.63. The number of rotatable bonds is 2. The first-order valence-corrected chi connectivity index (χ1v) is 6.65. The Balaban J connectivity index is 2.47. The fourth-order valence-corrected chi connectivity index (χ4v) is 2.91. The molecule has 1 atom stereocenters. The number of nitrogens with zero attached hydrogens (tertiary/aromatic N) is 1. The second kappa shape index (κ2) is 4.72. The molecule has 5 heteroatoms. The Labute approximate surface area is 115 Å². The normalized spacial score (nSPS) is 19.6. The minimum atomic E-state index is -0.326. The summed E-state index contributed by atoms with van der Waals surface area (Å²) < 4.78 is 0.930. The van der Waals surface area contributed by atoms with E-state index >= 15 is 0 Å². The molecular weight excluding hydrogens is 294 g/mol. The number of benzene rings is 1. The number of halogens is 1. The molecule has 18 heavy (non-hydrogen) atoms. The lowest BCUT2D eigenvalue weighted by Gasteiger charge is -2.27. The first-order chi connectivity index (χ1) is 8.41. The van der Waals surface area contributed by atoms with E-state index < -0.39 is 0 Å². The molecule has 1 unspecified atom stereocenters. The van der Waals surface area contributed by atoms with Crippen molar-refractivity contribution in [1.29, 1.82) is 5.41 Å². The number of urea groups is 1. The van der Waals surface area contributed by atoms with Crippen LogP contribution in [0.5, 0.6) is 0 Å². The molecule has 2 rings (SSSR count). The molecule has 1 heterocycles. The Morgan fingerprint density at radius 1 is 1.44 bits per heavy atom. The summed E-state index contributed by atoms with van der Waals surface area (Å²) >= 11 is 3.52. The molecule has 0 radical (unpaired) electrons. The van der Waals surface area contributed by atoms with Crippen LogP contribution in [0.1, 0.15) is 31.0 Å². The van der Waals surface area contributed by atoms with Crippen molar-refractivity contribution in [3.63, 3.8) is 0 Å².